The first kappa shape index (κ1) is 16.7. The minimum atomic E-state index is -0.149. The third-order valence-electron chi connectivity index (χ3n) is 4.11. The van der Waals surface area contributed by atoms with Crippen LogP contribution in [0.4, 0.5) is 0 Å². The van der Waals surface area contributed by atoms with Gasteiger partial charge in [-0.25, -0.2) is 4.98 Å². The molecule has 1 fully saturated rings. The van der Waals surface area contributed by atoms with E-state index in [0.717, 1.165) is 12.8 Å². The van der Waals surface area contributed by atoms with Gasteiger partial charge in [-0.05, 0) is 49.2 Å². The second-order valence-corrected chi connectivity index (χ2v) is 7.29. The van der Waals surface area contributed by atoms with Gasteiger partial charge in [0.15, 0.2) is 5.58 Å². The molecule has 0 saturated heterocycles. The van der Waals surface area contributed by atoms with E-state index in [9.17, 15) is 4.79 Å². The minimum absolute atomic E-state index is 0.149. The van der Waals surface area contributed by atoms with Crippen molar-refractivity contribution in [3.63, 3.8) is 0 Å². The van der Waals surface area contributed by atoms with Crippen molar-refractivity contribution in [2.75, 3.05) is 0 Å². The maximum atomic E-state index is 12.9. The maximum absolute atomic E-state index is 12.9. The van der Waals surface area contributed by atoms with Crippen molar-refractivity contribution in [2.24, 2.45) is 0 Å². The van der Waals surface area contributed by atoms with E-state index in [1.807, 2.05) is 0 Å². The van der Waals surface area contributed by atoms with Crippen molar-refractivity contribution < 1.29 is 9.21 Å². The van der Waals surface area contributed by atoms with Crippen LogP contribution in [0.3, 0.4) is 0 Å². The Hall–Kier alpha value is -1.75. The number of aromatic nitrogens is 1. The molecule has 7 heteroatoms. The Morgan fingerprint density at radius 2 is 1.84 bits per heavy atom. The van der Waals surface area contributed by atoms with Crippen molar-refractivity contribution in [3.05, 3.63) is 62.9 Å². The smallest absolute Gasteiger partial charge is 0.256 e. The van der Waals surface area contributed by atoms with E-state index in [1.54, 1.807) is 41.3 Å². The van der Waals surface area contributed by atoms with Crippen LogP contribution in [0.15, 0.2) is 40.8 Å². The van der Waals surface area contributed by atoms with E-state index < -0.39 is 0 Å². The highest BCUT2D eigenvalue weighted by Gasteiger charge is 2.34. The second-order valence-electron chi connectivity index (χ2n) is 6.01. The lowest BCUT2D eigenvalue weighted by molar-refractivity contribution is 0.0715. The normalized spacial score (nSPS) is 14.0. The van der Waals surface area contributed by atoms with Gasteiger partial charge in [0.1, 0.15) is 5.52 Å². The van der Waals surface area contributed by atoms with Gasteiger partial charge in [0, 0.05) is 16.1 Å². The van der Waals surface area contributed by atoms with Crippen LogP contribution in [0.25, 0.3) is 11.1 Å². The molecule has 0 unspecified atom stereocenters. The maximum Gasteiger partial charge on any atom is 0.256 e. The van der Waals surface area contributed by atoms with E-state index in [4.69, 9.17) is 39.2 Å². The number of fused-ring (bicyclic) bond motifs is 1. The number of halogens is 3. The average Bonchev–Trinajstić information content (AvgIpc) is 3.32. The summed E-state index contributed by atoms with van der Waals surface area (Å²) < 4.78 is 5.75. The molecule has 1 heterocycles. The quantitative estimate of drug-likeness (QED) is 0.578. The zero-order chi connectivity index (χ0) is 17.6. The molecule has 1 aromatic heterocycles. The van der Waals surface area contributed by atoms with Gasteiger partial charge < -0.3 is 9.32 Å². The van der Waals surface area contributed by atoms with Gasteiger partial charge in [0.05, 0.1) is 17.1 Å². The summed E-state index contributed by atoms with van der Waals surface area (Å²) in [6.07, 6.45) is 1.92. The summed E-state index contributed by atoms with van der Waals surface area (Å²) >= 11 is 18.1. The summed E-state index contributed by atoms with van der Waals surface area (Å²) in [5, 5.41) is 1.43. The molecule has 0 spiro atoms. The molecule has 1 amide bonds. The molecular weight excluding hydrogens is 383 g/mol. The molecule has 0 aliphatic heterocycles. The van der Waals surface area contributed by atoms with E-state index in [2.05, 4.69) is 4.98 Å². The predicted molar refractivity (Wildman–Crippen MR) is 98.4 cm³/mol. The van der Waals surface area contributed by atoms with Gasteiger partial charge in [-0.1, -0.05) is 34.8 Å². The average molecular weight is 396 g/mol. The molecule has 25 heavy (non-hydrogen) atoms. The summed E-state index contributed by atoms with van der Waals surface area (Å²) in [7, 11) is 0. The SMILES string of the molecule is O=C(c1ccc(Cl)cc1Cl)N(Cc1nc2cc(Cl)ccc2o1)C1CC1. The lowest BCUT2D eigenvalue weighted by atomic mass is 10.2. The van der Waals surface area contributed by atoms with Gasteiger partial charge in [-0.2, -0.15) is 0 Å². The molecule has 4 rings (SSSR count). The predicted octanol–water partition coefficient (Wildman–Crippen LogP) is 5.59. The van der Waals surface area contributed by atoms with Crippen LogP contribution >= 0.6 is 34.8 Å². The van der Waals surface area contributed by atoms with Crippen molar-refractivity contribution in [3.8, 4) is 0 Å². The van der Waals surface area contributed by atoms with Crippen LogP contribution in [0.5, 0.6) is 0 Å². The fourth-order valence-electron chi connectivity index (χ4n) is 2.73. The summed E-state index contributed by atoms with van der Waals surface area (Å²) in [4.78, 5) is 19.1. The Bertz CT molecular complexity index is 966. The third kappa shape index (κ3) is 3.47. The Balaban J connectivity index is 1.63. The molecule has 2 aromatic carbocycles. The van der Waals surface area contributed by atoms with Crippen LogP contribution in [0, 0.1) is 0 Å². The monoisotopic (exact) mass is 394 g/mol. The van der Waals surface area contributed by atoms with Crippen molar-refractivity contribution in [2.45, 2.75) is 25.4 Å². The number of carbonyl (C=O) groups is 1. The fourth-order valence-corrected chi connectivity index (χ4v) is 3.39. The molecule has 0 radical (unpaired) electrons. The van der Waals surface area contributed by atoms with Crippen molar-refractivity contribution in [1.82, 2.24) is 9.88 Å². The second kappa shape index (κ2) is 6.52. The molecule has 4 nitrogen and oxygen atoms in total. The Labute approximate surface area is 159 Å². The molecule has 1 saturated carbocycles. The number of benzene rings is 2. The lowest BCUT2D eigenvalue weighted by Gasteiger charge is -2.21. The van der Waals surface area contributed by atoms with Crippen molar-refractivity contribution >= 4 is 51.8 Å². The molecule has 1 aliphatic carbocycles. The molecular formula is C18H13Cl3N2O2. The lowest BCUT2D eigenvalue weighted by Crippen LogP contribution is -2.32. The van der Waals surface area contributed by atoms with Gasteiger partial charge in [0.2, 0.25) is 5.89 Å². The standard InChI is InChI=1S/C18H13Cl3N2O2/c19-10-1-5-13(14(21)7-10)18(24)23(12-3-4-12)9-17-22-15-8-11(20)2-6-16(15)25-17/h1-2,5-8,12H,3-4,9H2. The minimum Gasteiger partial charge on any atom is -0.439 e. The Morgan fingerprint density at radius 1 is 1.12 bits per heavy atom. The number of oxazole rings is 1. The Kier molecular flexibility index (Phi) is 4.36. The molecule has 3 aromatic rings. The molecule has 0 atom stereocenters. The van der Waals surface area contributed by atoms with Gasteiger partial charge in [0.25, 0.3) is 5.91 Å². The van der Waals surface area contributed by atoms with Crippen LogP contribution in [-0.2, 0) is 6.54 Å². The number of rotatable bonds is 4. The third-order valence-corrected chi connectivity index (χ3v) is 4.89. The van der Waals surface area contributed by atoms with E-state index >= 15 is 0 Å². The summed E-state index contributed by atoms with van der Waals surface area (Å²) in [5.74, 6) is 0.326. The summed E-state index contributed by atoms with van der Waals surface area (Å²) in [6, 6.07) is 10.3. The molecule has 128 valence electrons. The summed E-state index contributed by atoms with van der Waals surface area (Å²) in [5.41, 5.74) is 1.75. The first-order valence-electron chi connectivity index (χ1n) is 7.82. The fraction of sp³-hybridized carbons (Fsp3) is 0.222. The molecule has 1 aliphatic rings. The number of amides is 1. The highest BCUT2D eigenvalue weighted by Crippen LogP contribution is 2.32. The zero-order valence-electron chi connectivity index (χ0n) is 13.0. The Morgan fingerprint density at radius 3 is 2.56 bits per heavy atom. The zero-order valence-corrected chi connectivity index (χ0v) is 15.3. The number of carbonyl (C=O) groups excluding carboxylic acids is 1. The van der Waals surface area contributed by atoms with Crippen LogP contribution in [-0.4, -0.2) is 21.8 Å². The van der Waals surface area contributed by atoms with Crippen molar-refractivity contribution in [1.29, 1.82) is 0 Å². The highest BCUT2D eigenvalue weighted by atomic mass is 35.5. The van der Waals surface area contributed by atoms with Crippen LogP contribution < -0.4 is 0 Å². The largest absolute Gasteiger partial charge is 0.439 e. The van der Waals surface area contributed by atoms with Gasteiger partial charge in [-0.3, -0.25) is 4.79 Å². The van der Waals surface area contributed by atoms with Gasteiger partial charge >= 0.3 is 0 Å². The van der Waals surface area contributed by atoms with Crippen LogP contribution in [0.2, 0.25) is 15.1 Å². The van der Waals surface area contributed by atoms with E-state index in [0.29, 0.717) is 37.6 Å². The van der Waals surface area contributed by atoms with Gasteiger partial charge in [-0.15, -0.1) is 0 Å². The number of hydrogen-bond acceptors (Lipinski definition) is 3. The molecule has 0 N–H and O–H groups in total. The number of nitrogens with zero attached hydrogens (tertiary/aromatic N) is 2. The first-order chi connectivity index (χ1) is 12.0. The highest BCUT2D eigenvalue weighted by molar-refractivity contribution is 6.36. The summed E-state index contributed by atoms with van der Waals surface area (Å²) in [6.45, 7) is 0.286. The first-order valence-corrected chi connectivity index (χ1v) is 8.95. The topological polar surface area (TPSA) is 46.3 Å². The number of hydrogen-bond donors (Lipinski definition) is 0. The van der Waals surface area contributed by atoms with E-state index in [-0.39, 0.29) is 18.5 Å². The van der Waals surface area contributed by atoms with Crippen LogP contribution in [0.1, 0.15) is 29.1 Å². The molecule has 0 bridgehead atoms. The van der Waals surface area contributed by atoms with E-state index in [1.165, 1.54) is 0 Å².